The lowest BCUT2D eigenvalue weighted by molar-refractivity contribution is -0.284. The van der Waals surface area contributed by atoms with Crippen LogP contribution in [0.2, 0.25) is 0 Å². The van der Waals surface area contributed by atoms with Gasteiger partial charge < -0.3 is 45.1 Å². The highest BCUT2D eigenvalue weighted by atomic mass is 32.2. The zero-order chi connectivity index (χ0) is 41.7. The first-order chi connectivity index (χ1) is 26.9. The van der Waals surface area contributed by atoms with Gasteiger partial charge >= 0.3 is 24.0 Å². The van der Waals surface area contributed by atoms with E-state index in [1.165, 1.54) is 0 Å². The molecule has 0 unspecified atom stereocenters. The van der Waals surface area contributed by atoms with E-state index in [4.69, 9.17) is 14.2 Å². The second-order valence-electron chi connectivity index (χ2n) is 12.3. The van der Waals surface area contributed by atoms with Crippen LogP contribution in [0.1, 0.15) is 36.6 Å². The van der Waals surface area contributed by atoms with Crippen molar-refractivity contribution in [2.24, 2.45) is 0 Å². The number of hydrogen-bond acceptors (Lipinski definition) is 14. The second kappa shape index (κ2) is 17.8. The molecule has 1 saturated heterocycles. The Morgan fingerprint density at radius 3 is 2.47 bits per heavy atom. The lowest BCUT2D eigenvalue weighted by Gasteiger charge is -2.46. The summed E-state index contributed by atoms with van der Waals surface area (Å²) in [5.74, 6) is -6.41. The lowest BCUT2D eigenvalue weighted by Crippen LogP contribution is -2.68. The number of amides is 2. The van der Waals surface area contributed by atoms with E-state index in [2.05, 4.69) is 25.9 Å². The summed E-state index contributed by atoms with van der Waals surface area (Å²) in [6, 6.07) is 10.3. The Morgan fingerprint density at radius 1 is 1.12 bits per heavy atom. The number of carboxylic acid groups (broad SMARTS) is 1. The Hall–Kier alpha value is -5.46. The maximum absolute atomic E-state index is 14.4. The number of aliphatic hydroxyl groups excluding tert-OH is 4. The third-order valence-electron chi connectivity index (χ3n) is 8.21. The third-order valence-corrected chi connectivity index (χ3v) is 9.23. The molecule has 0 bridgehead atoms. The number of alkyl halides is 5. The lowest BCUT2D eigenvalue weighted by atomic mass is 9.88. The number of rotatable bonds is 14. The van der Waals surface area contributed by atoms with E-state index in [0.717, 1.165) is 54.0 Å². The molecule has 1 aliphatic heterocycles. The molecule has 0 aliphatic carbocycles. The number of aliphatic carboxylic acids is 1. The van der Waals surface area contributed by atoms with Crippen LogP contribution in [-0.4, -0.2) is 106 Å². The average molecular weight is 829 g/mol. The average Bonchev–Trinajstić information content (AvgIpc) is 3.64. The van der Waals surface area contributed by atoms with Gasteiger partial charge in [0.15, 0.2) is 0 Å². The number of benzene rings is 2. The van der Waals surface area contributed by atoms with Gasteiger partial charge in [-0.25, -0.2) is 28.0 Å². The van der Waals surface area contributed by atoms with Gasteiger partial charge in [-0.2, -0.15) is 13.2 Å². The predicted molar refractivity (Wildman–Crippen MR) is 183 cm³/mol. The molecule has 0 spiro atoms. The summed E-state index contributed by atoms with van der Waals surface area (Å²) in [5, 5.41) is 62.6. The molecule has 7 N–H and O–H groups in total. The van der Waals surface area contributed by atoms with E-state index in [9.17, 15) is 61.9 Å². The van der Waals surface area contributed by atoms with Crippen LogP contribution >= 0.6 is 11.8 Å². The number of hydrogen-bond donors (Lipinski definition) is 7. The molecule has 2 amide bonds. The molecule has 5 rings (SSSR count). The van der Waals surface area contributed by atoms with Crippen molar-refractivity contribution in [2.45, 2.75) is 78.7 Å². The Kier molecular flexibility index (Phi) is 13.3. The zero-order valence-electron chi connectivity index (χ0n) is 29.2. The van der Waals surface area contributed by atoms with Crippen LogP contribution in [0.4, 0.5) is 32.4 Å². The fraction of sp³-hybridized carbons (Fsp3) is 0.353. The van der Waals surface area contributed by atoms with E-state index in [1.54, 1.807) is 30.3 Å². The topological polar surface area (TPSA) is 248 Å². The van der Waals surface area contributed by atoms with Crippen molar-refractivity contribution in [1.82, 2.24) is 25.3 Å². The summed E-state index contributed by atoms with van der Waals surface area (Å²) in [6.07, 6.45) is -15.9. The number of carbonyl (C=O) groups is 3. The number of ether oxygens (including phenoxy) is 3. The van der Waals surface area contributed by atoms with Gasteiger partial charge in [0.25, 0.3) is 6.43 Å². The predicted octanol–water partition coefficient (Wildman–Crippen LogP) is 3.05. The number of carboxylic acids is 1. The highest BCUT2D eigenvalue weighted by Gasteiger charge is 2.57. The molecule has 4 aromatic rings. The summed E-state index contributed by atoms with van der Waals surface area (Å²) < 4.78 is 87.3. The molecular weight excluding hydrogens is 795 g/mol. The molecule has 57 heavy (non-hydrogen) atoms. The molecule has 23 heteroatoms. The molecular formula is C34H33F5N6O11S. The number of pyridine rings is 1. The fourth-order valence-corrected chi connectivity index (χ4v) is 6.45. The number of aromatic nitrogens is 4. The maximum atomic E-state index is 14.4. The standard InChI is InChI=1S/C34H33F5N6O11S/c1-16(47)41-26-23(48)11-33(31(51)52,56-28(26)27(50)24(49)14-46)55-25-8-7-19(10-21(25)29(35)36)45-13-18(43-44-45)15-54-32(53)42-17-9-22(34(37,38)39)30(40-12-17)57-20-5-3-2-4-6-20/h2-10,12-13,23-24,26-29,46,48-50H,11,14-15H2,1H3,(H,41,47)(H,42,53)(H,51,52)/t23-,24+,26+,27+,28+,33+/m0/s1. The van der Waals surface area contributed by atoms with Gasteiger partial charge in [0.1, 0.15) is 41.4 Å². The van der Waals surface area contributed by atoms with Crippen LogP contribution in [0.15, 0.2) is 76.9 Å². The zero-order valence-corrected chi connectivity index (χ0v) is 30.0. The van der Waals surface area contributed by atoms with Crippen molar-refractivity contribution in [3.63, 3.8) is 0 Å². The van der Waals surface area contributed by atoms with Crippen LogP contribution in [0.25, 0.3) is 5.69 Å². The molecule has 1 fully saturated rings. The van der Waals surface area contributed by atoms with Crippen LogP contribution in [-0.2, 0) is 31.8 Å². The van der Waals surface area contributed by atoms with Crippen LogP contribution < -0.4 is 15.4 Å². The first kappa shape index (κ1) is 42.7. The summed E-state index contributed by atoms with van der Waals surface area (Å²) in [4.78, 5) is 41.1. The number of halogens is 5. The Bertz CT molecular complexity index is 2060. The molecule has 2 aromatic carbocycles. The summed E-state index contributed by atoms with van der Waals surface area (Å²) in [6.45, 7) is -0.580. The number of anilines is 1. The highest BCUT2D eigenvalue weighted by molar-refractivity contribution is 7.99. The maximum Gasteiger partial charge on any atom is 0.419 e. The fourth-order valence-electron chi connectivity index (χ4n) is 5.54. The van der Waals surface area contributed by atoms with Gasteiger partial charge in [-0.15, -0.1) is 5.10 Å². The Labute approximate surface area is 322 Å². The van der Waals surface area contributed by atoms with Crippen LogP contribution in [0.5, 0.6) is 5.75 Å². The van der Waals surface area contributed by atoms with Gasteiger partial charge in [0.2, 0.25) is 5.91 Å². The van der Waals surface area contributed by atoms with Crippen molar-refractivity contribution in [3.8, 4) is 11.4 Å². The minimum atomic E-state index is -4.81. The highest BCUT2D eigenvalue weighted by Crippen LogP contribution is 2.41. The Balaban J connectivity index is 1.29. The molecule has 0 saturated carbocycles. The molecule has 306 valence electrons. The van der Waals surface area contributed by atoms with E-state index >= 15 is 0 Å². The second-order valence-corrected chi connectivity index (χ2v) is 13.4. The Morgan fingerprint density at radius 2 is 1.84 bits per heavy atom. The minimum absolute atomic E-state index is 0.0365. The van der Waals surface area contributed by atoms with E-state index in [1.807, 2.05) is 0 Å². The molecule has 3 heterocycles. The van der Waals surface area contributed by atoms with Crippen molar-refractivity contribution >= 4 is 35.4 Å². The number of nitrogens with zero attached hydrogens (tertiary/aromatic N) is 4. The van der Waals surface area contributed by atoms with Gasteiger partial charge in [0.05, 0.1) is 60.1 Å². The summed E-state index contributed by atoms with van der Waals surface area (Å²) >= 11 is 0.779. The SMILES string of the molecule is CC(=O)N[C@H]1[C@H]([C@H](O)[C@H](O)CO)O[C@@](Oc2ccc(-n3cc(COC(=O)Nc4cnc(Sc5ccccc5)c(C(F)(F)F)c4)nn3)cc2C(F)F)(C(=O)O)C[C@@H]1O. The molecule has 6 atom stereocenters. The van der Waals surface area contributed by atoms with Gasteiger partial charge in [-0.05, 0) is 36.4 Å². The molecule has 2 aromatic heterocycles. The van der Waals surface area contributed by atoms with Gasteiger partial charge in [-0.1, -0.05) is 35.2 Å². The van der Waals surface area contributed by atoms with E-state index in [0.29, 0.717) is 11.0 Å². The molecule has 0 radical (unpaired) electrons. The quantitative estimate of drug-likeness (QED) is 0.0903. The van der Waals surface area contributed by atoms with Crippen molar-refractivity contribution in [1.29, 1.82) is 0 Å². The first-order valence-corrected chi connectivity index (χ1v) is 17.3. The van der Waals surface area contributed by atoms with E-state index < -0.39 is 103 Å². The minimum Gasteiger partial charge on any atom is -0.476 e. The molecule has 1 aliphatic rings. The van der Waals surface area contributed by atoms with Crippen molar-refractivity contribution in [3.05, 3.63) is 83.8 Å². The smallest absolute Gasteiger partial charge is 0.419 e. The summed E-state index contributed by atoms with van der Waals surface area (Å²) in [5.41, 5.74) is -2.45. The first-order valence-electron chi connectivity index (χ1n) is 16.5. The van der Waals surface area contributed by atoms with Crippen LogP contribution in [0, 0.1) is 0 Å². The van der Waals surface area contributed by atoms with Crippen LogP contribution in [0.3, 0.4) is 0 Å². The van der Waals surface area contributed by atoms with Crippen molar-refractivity contribution < 1.29 is 76.1 Å². The normalized spacial score (nSPS) is 20.7. The monoisotopic (exact) mass is 828 g/mol. The van der Waals surface area contributed by atoms with E-state index in [-0.39, 0.29) is 22.1 Å². The third kappa shape index (κ3) is 10.3. The summed E-state index contributed by atoms with van der Waals surface area (Å²) in [7, 11) is 0. The number of aliphatic hydroxyl groups is 4. The van der Waals surface area contributed by atoms with Gasteiger partial charge in [-0.3, -0.25) is 10.1 Å². The largest absolute Gasteiger partial charge is 0.476 e. The number of nitrogens with one attached hydrogen (secondary N) is 2. The van der Waals surface area contributed by atoms with Crippen molar-refractivity contribution in [2.75, 3.05) is 11.9 Å². The molecule has 17 nitrogen and oxygen atoms in total. The number of carbonyl (C=O) groups excluding carboxylic acids is 2. The van der Waals surface area contributed by atoms with Gasteiger partial charge in [0, 0.05) is 11.8 Å².